The van der Waals surface area contributed by atoms with E-state index in [9.17, 15) is 13.2 Å². The summed E-state index contributed by atoms with van der Waals surface area (Å²) >= 11 is 1.64. The second-order valence-electron chi connectivity index (χ2n) is 8.59. The molecule has 1 fully saturated rings. The van der Waals surface area contributed by atoms with Crippen LogP contribution in [0.5, 0.6) is 0 Å². The smallest absolute Gasteiger partial charge is 0.225 e. The average molecular weight is 473 g/mol. The molecule has 3 heterocycles. The largest absolute Gasteiger partial charge is 0.338 e. The van der Waals surface area contributed by atoms with Crippen LogP contribution in [-0.2, 0) is 27.7 Å². The fraction of sp³-hybridized carbons (Fsp3) is 0.478. The van der Waals surface area contributed by atoms with Crippen molar-refractivity contribution >= 4 is 43.3 Å². The van der Waals surface area contributed by atoms with Crippen molar-refractivity contribution in [3.05, 3.63) is 34.7 Å². The fourth-order valence-corrected chi connectivity index (χ4v) is 7.56. The summed E-state index contributed by atoms with van der Waals surface area (Å²) in [5, 5.41) is 3.90. The molecule has 2 aliphatic rings. The third kappa shape index (κ3) is 4.33. The molecule has 1 aromatic carbocycles. The van der Waals surface area contributed by atoms with Gasteiger partial charge in [-0.2, -0.15) is 0 Å². The highest BCUT2D eigenvalue weighted by Crippen LogP contribution is 2.43. The number of nitrogens with zero attached hydrogens (tertiary/aromatic N) is 2. The normalized spacial score (nSPS) is 17.0. The molecule has 32 heavy (non-hydrogen) atoms. The number of carbonyl (C=O) groups is 1. The van der Waals surface area contributed by atoms with Gasteiger partial charge in [-0.15, -0.1) is 11.3 Å². The summed E-state index contributed by atoms with van der Waals surface area (Å²) in [5.74, 6) is 0.674. The lowest BCUT2D eigenvalue weighted by molar-refractivity contribution is -0.116. The summed E-state index contributed by atoms with van der Waals surface area (Å²) in [6.45, 7) is 1.21. The number of carbonyl (C=O) groups excluding carboxylic acids is 1. The average Bonchev–Trinajstić information content (AvgIpc) is 3.51. The number of nitrogens with one attached hydrogen (secondary N) is 2. The first-order valence-electron chi connectivity index (χ1n) is 11.4. The van der Waals surface area contributed by atoms with Gasteiger partial charge in [0.05, 0.1) is 22.3 Å². The highest BCUT2D eigenvalue weighted by Gasteiger charge is 2.27. The standard InChI is InChI=1S/C23H28N4O3S2/c28-20(12-7-15-32(29,30)27-13-5-6-14-27)26-23-21(16-8-1-4-11-19(16)31-23)22-24-17-9-2-3-10-18(17)25-22/h2-3,9-10H,1,4-8,11-15H2,(H,24,25)(H,26,28). The van der Waals surface area contributed by atoms with Crippen molar-refractivity contribution in [1.82, 2.24) is 14.3 Å². The van der Waals surface area contributed by atoms with Crippen LogP contribution in [-0.4, -0.2) is 47.4 Å². The van der Waals surface area contributed by atoms with Gasteiger partial charge in [-0.25, -0.2) is 17.7 Å². The lowest BCUT2D eigenvalue weighted by Gasteiger charge is -2.15. The molecule has 0 spiro atoms. The molecule has 0 radical (unpaired) electrons. The van der Waals surface area contributed by atoms with Crippen LogP contribution in [0.2, 0.25) is 0 Å². The molecular weight excluding hydrogens is 444 g/mol. The van der Waals surface area contributed by atoms with Gasteiger partial charge >= 0.3 is 0 Å². The van der Waals surface area contributed by atoms with E-state index in [-0.39, 0.29) is 18.1 Å². The zero-order valence-electron chi connectivity index (χ0n) is 18.0. The summed E-state index contributed by atoms with van der Waals surface area (Å²) in [7, 11) is -3.26. The van der Waals surface area contributed by atoms with E-state index in [1.165, 1.54) is 10.4 Å². The molecule has 1 aliphatic heterocycles. The molecular formula is C23H28N4O3S2. The summed E-state index contributed by atoms with van der Waals surface area (Å²) < 4.78 is 26.4. The summed E-state index contributed by atoms with van der Waals surface area (Å²) in [6.07, 6.45) is 6.68. The zero-order chi connectivity index (χ0) is 22.1. The Balaban J connectivity index is 1.33. The number of aryl methyl sites for hydroxylation is 1. The number of fused-ring (bicyclic) bond motifs is 2. The summed E-state index contributed by atoms with van der Waals surface area (Å²) in [5.41, 5.74) is 4.16. The Bertz CT molecular complexity index is 1210. The molecule has 1 aliphatic carbocycles. The molecule has 0 atom stereocenters. The van der Waals surface area contributed by atoms with Crippen LogP contribution in [0, 0.1) is 0 Å². The van der Waals surface area contributed by atoms with Crippen LogP contribution in [0.1, 0.15) is 49.0 Å². The van der Waals surface area contributed by atoms with Gasteiger partial charge in [0.25, 0.3) is 0 Å². The number of imidazole rings is 1. The van der Waals surface area contributed by atoms with Crippen molar-refractivity contribution in [2.45, 2.75) is 51.4 Å². The van der Waals surface area contributed by atoms with E-state index in [2.05, 4.69) is 10.3 Å². The van der Waals surface area contributed by atoms with E-state index in [0.29, 0.717) is 19.5 Å². The summed E-state index contributed by atoms with van der Waals surface area (Å²) in [6, 6.07) is 7.93. The van der Waals surface area contributed by atoms with Crippen molar-refractivity contribution in [1.29, 1.82) is 0 Å². The van der Waals surface area contributed by atoms with E-state index >= 15 is 0 Å². The third-order valence-corrected chi connectivity index (χ3v) is 9.48. The van der Waals surface area contributed by atoms with E-state index in [1.807, 2.05) is 24.3 Å². The number of rotatable bonds is 7. The second-order valence-corrected chi connectivity index (χ2v) is 11.8. The van der Waals surface area contributed by atoms with Crippen molar-refractivity contribution in [2.75, 3.05) is 24.2 Å². The van der Waals surface area contributed by atoms with Crippen LogP contribution in [0.15, 0.2) is 24.3 Å². The highest BCUT2D eigenvalue weighted by atomic mass is 32.2. The molecule has 1 amide bonds. The van der Waals surface area contributed by atoms with E-state index in [1.54, 1.807) is 15.6 Å². The van der Waals surface area contributed by atoms with E-state index < -0.39 is 10.0 Å². The van der Waals surface area contributed by atoms with Crippen LogP contribution < -0.4 is 5.32 Å². The number of amides is 1. The number of aromatic amines is 1. The number of thiophene rings is 1. The molecule has 0 bridgehead atoms. The number of anilines is 1. The lowest BCUT2D eigenvalue weighted by Crippen LogP contribution is -2.30. The first-order chi connectivity index (χ1) is 15.5. The van der Waals surface area contributed by atoms with Crippen LogP contribution in [0.4, 0.5) is 5.00 Å². The van der Waals surface area contributed by atoms with Gasteiger partial charge in [0.1, 0.15) is 10.8 Å². The number of aromatic nitrogens is 2. The predicted molar refractivity (Wildman–Crippen MR) is 129 cm³/mol. The first kappa shape index (κ1) is 21.6. The lowest BCUT2D eigenvalue weighted by atomic mass is 9.95. The quantitative estimate of drug-likeness (QED) is 0.535. The number of hydrogen-bond acceptors (Lipinski definition) is 5. The van der Waals surface area contributed by atoms with E-state index in [0.717, 1.165) is 65.9 Å². The Morgan fingerprint density at radius 2 is 1.91 bits per heavy atom. The van der Waals surface area contributed by atoms with Crippen LogP contribution >= 0.6 is 11.3 Å². The van der Waals surface area contributed by atoms with Crippen molar-refractivity contribution in [3.63, 3.8) is 0 Å². The molecule has 2 N–H and O–H groups in total. The van der Waals surface area contributed by atoms with Crippen molar-refractivity contribution in [3.8, 4) is 11.4 Å². The van der Waals surface area contributed by atoms with Gasteiger partial charge in [-0.05, 0) is 62.6 Å². The number of hydrogen-bond donors (Lipinski definition) is 2. The Morgan fingerprint density at radius 1 is 1.12 bits per heavy atom. The maximum absolute atomic E-state index is 12.7. The first-order valence-corrected chi connectivity index (χ1v) is 13.8. The Labute approximate surface area is 192 Å². The number of para-hydroxylation sites is 2. The Kier molecular flexibility index (Phi) is 6.05. The van der Waals surface area contributed by atoms with Gasteiger partial charge < -0.3 is 10.3 Å². The fourth-order valence-electron chi connectivity index (χ4n) is 4.68. The van der Waals surface area contributed by atoms with Gasteiger partial charge in [-0.3, -0.25) is 4.79 Å². The van der Waals surface area contributed by atoms with Gasteiger partial charge in [-0.1, -0.05) is 12.1 Å². The highest BCUT2D eigenvalue weighted by molar-refractivity contribution is 7.89. The van der Waals surface area contributed by atoms with E-state index in [4.69, 9.17) is 4.98 Å². The SMILES string of the molecule is O=C(CCCS(=O)(=O)N1CCCC1)Nc1sc2c(c1-c1nc3ccccc3[nH]1)CCCC2. The molecule has 2 aromatic heterocycles. The van der Waals surface area contributed by atoms with Crippen molar-refractivity contribution < 1.29 is 13.2 Å². The Hall–Kier alpha value is -2.23. The predicted octanol–water partition coefficient (Wildman–Crippen LogP) is 4.31. The van der Waals surface area contributed by atoms with Crippen LogP contribution in [0.25, 0.3) is 22.4 Å². The molecule has 5 rings (SSSR count). The Morgan fingerprint density at radius 3 is 2.72 bits per heavy atom. The van der Waals surface area contributed by atoms with Gasteiger partial charge in [0.15, 0.2) is 0 Å². The zero-order valence-corrected chi connectivity index (χ0v) is 19.7. The second kappa shape index (κ2) is 8.96. The maximum atomic E-state index is 12.7. The molecule has 7 nitrogen and oxygen atoms in total. The molecule has 0 saturated carbocycles. The summed E-state index contributed by atoms with van der Waals surface area (Å²) in [4.78, 5) is 22.3. The molecule has 1 saturated heterocycles. The van der Waals surface area contributed by atoms with Crippen LogP contribution in [0.3, 0.4) is 0 Å². The minimum atomic E-state index is -3.26. The number of sulfonamides is 1. The molecule has 3 aromatic rings. The monoisotopic (exact) mass is 472 g/mol. The molecule has 9 heteroatoms. The molecule has 170 valence electrons. The number of benzene rings is 1. The third-order valence-electron chi connectivity index (χ3n) is 6.31. The minimum absolute atomic E-state index is 0.0256. The van der Waals surface area contributed by atoms with Crippen molar-refractivity contribution in [2.24, 2.45) is 0 Å². The van der Waals surface area contributed by atoms with Gasteiger partial charge in [0.2, 0.25) is 15.9 Å². The minimum Gasteiger partial charge on any atom is -0.338 e. The molecule has 0 unspecified atom stereocenters. The topological polar surface area (TPSA) is 95.2 Å². The number of H-pyrrole nitrogens is 1. The van der Waals surface area contributed by atoms with Gasteiger partial charge in [0, 0.05) is 24.4 Å². The maximum Gasteiger partial charge on any atom is 0.225 e.